The minimum Gasteiger partial charge on any atom is -0.448 e. The normalized spacial score (nSPS) is 24.6. The number of piperidine rings is 1. The number of hydrogen-bond donors (Lipinski definition) is 0. The molecule has 28 heavy (non-hydrogen) atoms. The standard InChI is InChI=1S/C23H34N2O3/c1-22(2)18-28-23(3,4)25(22)21(26)27-17-20-14-8-9-15-24(20)16-10-13-19-11-6-5-7-12-19/h5-7,10-13,20H,8-9,14-18H2,1-4H3/b13-10+/t20-/m0/s1. The molecule has 0 unspecified atom stereocenters. The third-order valence-electron chi connectivity index (χ3n) is 5.70. The van der Waals surface area contributed by atoms with Crippen LogP contribution in [0.5, 0.6) is 0 Å². The number of carbonyl (C=O) groups excluding carboxylic acids is 1. The van der Waals surface area contributed by atoms with Crippen LogP contribution >= 0.6 is 0 Å². The highest BCUT2D eigenvalue weighted by Gasteiger charge is 2.49. The van der Waals surface area contributed by atoms with E-state index < -0.39 is 5.72 Å². The molecular weight excluding hydrogens is 352 g/mol. The molecule has 0 N–H and O–H groups in total. The van der Waals surface area contributed by atoms with Crippen LogP contribution in [0.15, 0.2) is 36.4 Å². The molecule has 2 saturated heterocycles. The third kappa shape index (κ3) is 4.95. The summed E-state index contributed by atoms with van der Waals surface area (Å²) in [4.78, 5) is 17.0. The average molecular weight is 387 g/mol. The Morgan fingerprint density at radius 3 is 2.64 bits per heavy atom. The van der Waals surface area contributed by atoms with E-state index in [2.05, 4.69) is 29.2 Å². The van der Waals surface area contributed by atoms with Crippen molar-refractivity contribution in [2.75, 3.05) is 26.3 Å². The smallest absolute Gasteiger partial charge is 0.412 e. The van der Waals surface area contributed by atoms with Gasteiger partial charge >= 0.3 is 6.09 Å². The SMILES string of the molecule is CC1(C)COC(C)(C)N1C(=O)OC[C@@H]1CCCCN1C/C=C/c1ccccc1. The summed E-state index contributed by atoms with van der Waals surface area (Å²) in [5, 5.41) is 0. The molecule has 3 rings (SSSR count). The molecule has 2 aliphatic rings. The van der Waals surface area contributed by atoms with E-state index in [1.807, 2.05) is 45.9 Å². The molecule has 0 aromatic heterocycles. The number of nitrogens with zero attached hydrogens (tertiary/aromatic N) is 2. The van der Waals surface area contributed by atoms with E-state index in [-0.39, 0.29) is 17.7 Å². The Morgan fingerprint density at radius 1 is 1.21 bits per heavy atom. The number of ether oxygens (including phenoxy) is 2. The molecule has 1 aromatic rings. The van der Waals surface area contributed by atoms with Crippen molar-refractivity contribution in [1.82, 2.24) is 9.80 Å². The summed E-state index contributed by atoms with van der Waals surface area (Å²) in [6.07, 6.45) is 7.53. The first-order valence-corrected chi connectivity index (χ1v) is 10.4. The van der Waals surface area contributed by atoms with Crippen LogP contribution in [0.2, 0.25) is 0 Å². The molecule has 1 amide bonds. The third-order valence-corrected chi connectivity index (χ3v) is 5.70. The van der Waals surface area contributed by atoms with Gasteiger partial charge in [0.25, 0.3) is 0 Å². The predicted molar refractivity (Wildman–Crippen MR) is 112 cm³/mol. The molecule has 0 bridgehead atoms. The highest BCUT2D eigenvalue weighted by molar-refractivity contribution is 5.70. The Balaban J connectivity index is 1.56. The lowest BCUT2D eigenvalue weighted by Gasteiger charge is -2.38. The summed E-state index contributed by atoms with van der Waals surface area (Å²) in [5.41, 5.74) is 0.220. The summed E-state index contributed by atoms with van der Waals surface area (Å²) in [7, 11) is 0. The summed E-state index contributed by atoms with van der Waals surface area (Å²) >= 11 is 0. The molecule has 0 radical (unpaired) electrons. The van der Waals surface area contributed by atoms with E-state index >= 15 is 0 Å². The Kier molecular flexibility index (Phi) is 6.46. The van der Waals surface area contributed by atoms with Gasteiger partial charge in [0.05, 0.1) is 12.1 Å². The number of benzene rings is 1. The predicted octanol–water partition coefficient (Wildman–Crippen LogP) is 4.54. The minimum atomic E-state index is -0.634. The van der Waals surface area contributed by atoms with Crippen molar-refractivity contribution in [1.29, 1.82) is 0 Å². The largest absolute Gasteiger partial charge is 0.448 e. The lowest BCUT2D eigenvalue weighted by Crippen LogP contribution is -2.53. The van der Waals surface area contributed by atoms with Crippen molar-refractivity contribution in [2.45, 2.75) is 64.3 Å². The quantitative estimate of drug-likeness (QED) is 0.745. The van der Waals surface area contributed by atoms with Crippen LogP contribution in [0, 0.1) is 0 Å². The molecule has 2 aliphatic heterocycles. The van der Waals surface area contributed by atoms with Gasteiger partial charge in [-0.05, 0) is 52.6 Å². The molecule has 0 spiro atoms. The van der Waals surface area contributed by atoms with Crippen LogP contribution in [0.1, 0.15) is 52.5 Å². The molecule has 1 atom stereocenters. The number of likely N-dealkylation sites (tertiary alicyclic amines) is 1. The first-order valence-electron chi connectivity index (χ1n) is 10.4. The van der Waals surface area contributed by atoms with Gasteiger partial charge in [-0.2, -0.15) is 0 Å². The zero-order valence-electron chi connectivity index (χ0n) is 17.7. The van der Waals surface area contributed by atoms with E-state index in [1.165, 1.54) is 18.4 Å². The topological polar surface area (TPSA) is 42.0 Å². The van der Waals surface area contributed by atoms with Crippen LogP contribution < -0.4 is 0 Å². The second-order valence-corrected chi connectivity index (χ2v) is 8.92. The summed E-state index contributed by atoms with van der Waals surface area (Å²) in [6, 6.07) is 10.6. The zero-order valence-corrected chi connectivity index (χ0v) is 17.7. The molecule has 0 aliphatic carbocycles. The van der Waals surface area contributed by atoms with Gasteiger partial charge in [0, 0.05) is 12.6 Å². The fourth-order valence-electron chi connectivity index (χ4n) is 4.29. The lowest BCUT2D eigenvalue weighted by atomic mass is 10.0. The highest BCUT2D eigenvalue weighted by atomic mass is 16.6. The second kappa shape index (κ2) is 8.66. The van der Waals surface area contributed by atoms with Crippen molar-refractivity contribution < 1.29 is 14.3 Å². The van der Waals surface area contributed by atoms with Crippen LogP contribution in [-0.4, -0.2) is 59.5 Å². The minimum absolute atomic E-state index is 0.271. The van der Waals surface area contributed by atoms with Gasteiger partial charge in [-0.3, -0.25) is 9.80 Å². The van der Waals surface area contributed by atoms with Crippen LogP contribution in [0.25, 0.3) is 6.08 Å². The van der Waals surface area contributed by atoms with Crippen molar-refractivity contribution in [3.8, 4) is 0 Å². The second-order valence-electron chi connectivity index (χ2n) is 8.92. The molecule has 0 saturated carbocycles. The summed E-state index contributed by atoms with van der Waals surface area (Å²) < 4.78 is 11.6. The van der Waals surface area contributed by atoms with Crippen molar-refractivity contribution in [3.05, 3.63) is 42.0 Å². The Morgan fingerprint density at radius 2 is 1.96 bits per heavy atom. The van der Waals surface area contributed by atoms with Crippen LogP contribution in [0.3, 0.4) is 0 Å². The van der Waals surface area contributed by atoms with E-state index in [4.69, 9.17) is 9.47 Å². The van der Waals surface area contributed by atoms with Gasteiger partial charge in [0.2, 0.25) is 0 Å². The molecule has 2 heterocycles. The van der Waals surface area contributed by atoms with Gasteiger partial charge < -0.3 is 9.47 Å². The zero-order chi connectivity index (χ0) is 20.2. The molecular formula is C23H34N2O3. The van der Waals surface area contributed by atoms with Gasteiger partial charge in [-0.1, -0.05) is 48.9 Å². The van der Waals surface area contributed by atoms with E-state index in [0.29, 0.717) is 13.2 Å². The Labute approximate surface area is 169 Å². The first-order chi connectivity index (χ1) is 13.3. The average Bonchev–Trinajstić information content (AvgIpc) is 2.89. The Hall–Kier alpha value is -1.85. The van der Waals surface area contributed by atoms with Gasteiger partial charge in [-0.25, -0.2) is 4.79 Å². The first kappa shape index (κ1) is 20.9. The summed E-state index contributed by atoms with van der Waals surface area (Å²) in [5.74, 6) is 0. The van der Waals surface area contributed by atoms with E-state index in [9.17, 15) is 4.79 Å². The number of rotatable bonds is 5. The van der Waals surface area contributed by atoms with Crippen molar-refractivity contribution in [3.63, 3.8) is 0 Å². The summed E-state index contributed by atoms with van der Waals surface area (Å²) in [6.45, 7) is 10.8. The van der Waals surface area contributed by atoms with Crippen molar-refractivity contribution in [2.24, 2.45) is 0 Å². The fourth-order valence-corrected chi connectivity index (χ4v) is 4.29. The number of hydrogen-bond acceptors (Lipinski definition) is 4. The molecule has 5 nitrogen and oxygen atoms in total. The highest BCUT2D eigenvalue weighted by Crippen LogP contribution is 2.35. The fraction of sp³-hybridized carbons (Fsp3) is 0.609. The van der Waals surface area contributed by atoms with E-state index in [0.717, 1.165) is 19.5 Å². The van der Waals surface area contributed by atoms with E-state index in [1.54, 1.807) is 4.90 Å². The molecule has 1 aromatic carbocycles. The van der Waals surface area contributed by atoms with Gasteiger partial charge in [-0.15, -0.1) is 0 Å². The maximum absolute atomic E-state index is 12.8. The van der Waals surface area contributed by atoms with Crippen molar-refractivity contribution >= 4 is 12.2 Å². The van der Waals surface area contributed by atoms with Crippen LogP contribution in [-0.2, 0) is 9.47 Å². The van der Waals surface area contributed by atoms with Gasteiger partial charge in [0.15, 0.2) is 0 Å². The molecule has 5 heteroatoms. The molecule has 154 valence electrons. The maximum Gasteiger partial charge on any atom is 0.412 e. The van der Waals surface area contributed by atoms with Crippen LogP contribution in [0.4, 0.5) is 4.79 Å². The lowest BCUT2D eigenvalue weighted by molar-refractivity contribution is -0.0555. The number of carbonyl (C=O) groups is 1. The number of amides is 1. The molecule has 2 fully saturated rings. The van der Waals surface area contributed by atoms with Gasteiger partial charge in [0.1, 0.15) is 12.3 Å². The monoisotopic (exact) mass is 386 g/mol. The Bertz CT molecular complexity index is 668. The maximum atomic E-state index is 12.8.